The number of hydrogen-bond acceptors (Lipinski definition) is 2. The molecule has 4 aromatic rings. The summed E-state index contributed by atoms with van der Waals surface area (Å²) in [6, 6.07) is 20.3. The molecule has 0 amide bonds. The van der Waals surface area contributed by atoms with Gasteiger partial charge in [0.25, 0.3) is 0 Å². The maximum Gasteiger partial charge on any atom is 0.214 e. The Labute approximate surface area is 166 Å². The topological polar surface area (TPSA) is 34.9 Å². The average Bonchev–Trinajstić information content (AvgIpc) is 3.11. The summed E-state index contributed by atoms with van der Waals surface area (Å²) in [5, 5.41) is 7.86. The normalized spacial score (nSPS) is 11.4. The first-order chi connectivity index (χ1) is 13.7. The van der Waals surface area contributed by atoms with Gasteiger partial charge in [0.1, 0.15) is 5.69 Å². The van der Waals surface area contributed by atoms with Crippen LogP contribution < -0.4 is 0 Å². The number of aryl methyl sites for hydroxylation is 2. The molecule has 0 N–H and O–H groups in total. The first-order valence-electron chi connectivity index (χ1n) is 10.3. The fourth-order valence-electron chi connectivity index (χ4n) is 3.97. The molecule has 3 aromatic carbocycles. The minimum absolute atomic E-state index is 0.00398. The Balaban J connectivity index is 1.83. The van der Waals surface area contributed by atoms with E-state index >= 15 is 0 Å². The molecule has 142 valence electrons. The summed E-state index contributed by atoms with van der Waals surface area (Å²) in [6.45, 7) is 5.19. The first-order valence-corrected chi connectivity index (χ1v) is 10.3. The van der Waals surface area contributed by atoms with Crippen molar-refractivity contribution in [2.75, 3.05) is 0 Å². The first kappa shape index (κ1) is 18.4. The van der Waals surface area contributed by atoms with E-state index in [0.29, 0.717) is 5.69 Å². The number of benzene rings is 3. The van der Waals surface area contributed by atoms with E-state index in [1.807, 2.05) is 47.1 Å². The molecule has 0 unspecified atom stereocenters. The molecule has 3 heteroatoms. The standard InChI is InChI=1S/C25H26N2O/c1-3-5-10-17-27-23-14-9-8-13-22(23)24(26-27)25(28)21-16-15-18(4-2)19-11-6-7-12-20(19)21/h6-9,11-16H,3-5,10,17H2,1-2H3. The van der Waals surface area contributed by atoms with Gasteiger partial charge in [-0.3, -0.25) is 9.48 Å². The zero-order chi connectivity index (χ0) is 19.5. The van der Waals surface area contributed by atoms with Crippen molar-refractivity contribution in [2.45, 2.75) is 46.1 Å². The van der Waals surface area contributed by atoms with E-state index in [-0.39, 0.29) is 5.78 Å². The van der Waals surface area contributed by atoms with Crippen molar-refractivity contribution < 1.29 is 4.79 Å². The SMILES string of the molecule is CCCCCn1nc(C(=O)c2ccc(CC)c3ccccc23)c2ccccc21. The summed E-state index contributed by atoms with van der Waals surface area (Å²) in [5.74, 6) is 0.00398. The van der Waals surface area contributed by atoms with Crippen molar-refractivity contribution in [3.8, 4) is 0 Å². The van der Waals surface area contributed by atoms with Crippen molar-refractivity contribution in [1.82, 2.24) is 9.78 Å². The zero-order valence-electron chi connectivity index (χ0n) is 16.6. The van der Waals surface area contributed by atoms with Crippen molar-refractivity contribution in [3.05, 3.63) is 77.5 Å². The Kier molecular flexibility index (Phi) is 5.25. The second kappa shape index (κ2) is 7.97. The summed E-state index contributed by atoms with van der Waals surface area (Å²) < 4.78 is 2.00. The third kappa shape index (κ3) is 3.22. The van der Waals surface area contributed by atoms with Gasteiger partial charge in [-0.15, -0.1) is 0 Å². The van der Waals surface area contributed by atoms with Gasteiger partial charge in [0.2, 0.25) is 5.78 Å². The second-order valence-corrected chi connectivity index (χ2v) is 7.30. The number of ketones is 1. The van der Waals surface area contributed by atoms with Crippen LogP contribution in [0.15, 0.2) is 60.7 Å². The highest BCUT2D eigenvalue weighted by molar-refractivity contribution is 6.20. The van der Waals surface area contributed by atoms with Crippen LogP contribution in [0, 0.1) is 0 Å². The van der Waals surface area contributed by atoms with Crippen molar-refractivity contribution in [2.24, 2.45) is 0 Å². The third-order valence-corrected chi connectivity index (χ3v) is 5.49. The lowest BCUT2D eigenvalue weighted by Gasteiger charge is -2.09. The van der Waals surface area contributed by atoms with Gasteiger partial charge in [-0.05, 0) is 35.2 Å². The lowest BCUT2D eigenvalue weighted by atomic mass is 9.94. The number of fused-ring (bicyclic) bond motifs is 2. The molecular weight excluding hydrogens is 344 g/mol. The number of aromatic nitrogens is 2. The number of para-hydroxylation sites is 1. The minimum atomic E-state index is 0.00398. The molecule has 0 fully saturated rings. The van der Waals surface area contributed by atoms with E-state index in [2.05, 4.69) is 32.0 Å². The van der Waals surface area contributed by atoms with E-state index in [1.165, 1.54) is 18.4 Å². The second-order valence-electron chi connectivity index (χ2n) is 7.30. The molecule has 0 atom stereocenters. The van der Waals surface area contributed by atoms with Crippen LogP contribution in [0.1, 0.15) is 54.7 Å². The summed E-state index contributed by atoms with van der Waals surface area (Å²) in [7, 11) is 0. The van der Waals surface area contributed by atoms with Gasteiger partial charge in [-0.1, -0.05) is 81.3 Å². The minimum Gasteiger partial charge on any atom is -0.287 e. The lowest BCUT2D eigenvalue weighted by Crippen LogP contribution is -2.07. The average molecular weight is 370 g/mol. The van der Waals surface area contributed by atoms with E-state index in [0.717, 1.165) is 46.6 Å². The van der Waals surface area contributed by atoms with Crippen LogP contribution in [0.2, 0.25) is 0 Å². The quantitative estimate of drug-likeness (QED) is 0.288. The van der Waals surface area contributed by atoms with Crippen LogP contribution in [0.5, 0.6) is 0 Å². The van der Waals surface area contributed by atoms with Gasteiger partial charge in [0, 0.05) is 17.5 Å². The molecule has 0 saturated heterocycles. The summed E-state index contributed by atoms with van der Waals surface area (Å²) in [4.78, 5) is 13.5. The predicted octanol–water partition coefficient (Wildman–Crippen LogP) is 6.17. The van der Waals surface area contributed by atoms with Gasteiger partial charge in [-0.2, -0.15) is 5.10 Å². The Morgan fingerprint density at radius 1 is 0.857 bits per heavy atom. The largest absolute Gasteiger partial charge is 0.287 e. The highest BCUT2D eigenvalue weighted by atomic mass is 16.1. The lowest BCUT2D eigenvalue weighted by molar-refractivity contribution is 0.103. The molecule has 0 bridgehead atoms. The molecule has 0 spiro atoms. The smallest absolute Gasteiger partial charge is 0.214 e. The molecular formula is C25H26N2O. The Morgan fingerprint density at radius 3 is 2.32 bits per heavy atom. The fourth-order valence-corrected chi connectivity index (χ4v) is 3.97. The molecule has 3 nitrogen and oxygen atoms in total. The maximum atomic E-state index is 13.5. The third-order valence-electron chi connectivity index (χ3n) is 5.49. The van der Waals surface area contributed by atoms with E-state index < -0.39 is 0 Å². The zero-order valence-corrected chi connectivity index (χ0v) is 16.6. The van der Waals surface area contributed by atoms with Crippen molar-refractivity contribution >= 4 is 27.5 Å². The van der Waals surface area contributed by atoms with E-state index in [9.17, 15) is 4.79 Å². The van der Waals surface area contributed by atoms with Gasteiger partial charge < -0.3 is 0 Å². The highest BCUT2D eigenvalue weighted by Crippen LogP contribution is 2.28. The molecule has 28 heavy (non-hydrogen) atoms. The predicted molar refractivity (Wildman–Crippen MR) is 116 cm³/mol. The number of carbonyl (C=O) groups is 1. The number of hydrogen-bond donors (Lipinski definition) is 0. The fraction of sp³-hybridized carbons (Fsp3) is 0.280. The highest BCUT2D eigenvalue weighted by Gasteiger charge is 2.20. The summed E-state index contributed by atoms with van der Waals surface area (Å²) in [6.07, 6.45) is 4.36. The van der Waals surface area contributed by atoms with Gasteiger partial charge >= 0.3 is 0 Å². The maximum absolute atomic E-state index is 13.5. The van der Waals surface area contributed by atoms with Crippen LogP contribution in [-0.2, 0) is 13.0 Å². The Hall–Kier alpha value is -2.94. The summed E-state index contributed by atoms with van der Waals surface area (Å²) >= 11 is 0. The molecule has 4 rings (SSSR count). The monoisotopic (exact) mass is 370 g/mol. The molecule has 0 saturated carbocycles. The van der Waals surface area contributed by atoms with Crippen LogP contribution >= 0.6 is 0 Å². The number of unbranched alkanes of at least 4 members (excludes halogenated alkanes) is 2. The van der Waals surface area contributed by atoms with Crippen LogP contribution in [0.3, 0.4) is 0 Å². The van der Waals surface area contributed by atoms with Gasteiger partial charge in [0.15, 0.2) is 0 Å². The van der Waals surface area contributed by atoms with Crippen molar-refractivity contribution in [1.29, 1.82) is 0 Å². The van der Waals surface area contributed by atoms with Gasteiger partial charge in [0.05, 0.1) is 5.52 Å². The number of nitrogens with zero attached hydrogens (tertiary/aromatic N) is 2. The van der Waals surface area contributed by atoms with Crippen LogP contribution in [-0.4, -0.2) is 15.6 Å². The van der Waals surface area contributed by atoms with E-state index in [1.54, 1.807) is 0 Å². The van der Waals surface area contributed by atoms with Crippen LogP contribution in [0.25, 0.3) is 21.7 Å². The van der Waals surface area contributed by atoms with Crippen LogP contribution in [0.4, 0.5) is 0 Å². The molecule has 1 heterocycles. The van der Waals surface area contributed by atoms with E-state index in [4.69, 9.17) is 5.10 Å². The summed E-state index contributed by atoms with van der Waals surface area (Å²) in [5.41, 5.74) is 3.59. The molecule has 1 aromatic heterocycles. The van der Waals surface area contributed by atoms with Crippen molar-refractivity contribution in [3.63, 3.8) is 0 Å². The molecule has 0 aliphatic heterocycles. The molecule has 0 aliphatic carbocycles. The number of carbonyl (C=O) groups excluding carboxylic acids is 1. The molecule has 0 radical (unpaired) electrons. The Bertz CT molecular complexity index is 1140. The van der Waals surface area contributed by atoms with Gasteiger partial charge in [-0.25, -0.2) is 0 Å². The number of rotatable bonds is 7. The molecule has 0 aliphatic rings. The Morgan fingerprint density at radius 2 is 1.57 bits per heavy atom.